The Morgan fingerprint density at radius 1 is 1.33 bits per heavy atom. The summed E-state index contributed by atoms with van der Waals surface area (Å²) >= 11 is 4.93. The van der Waals surface area contributed by atoms with E-state index >= 15 is 0 Å². The number of rotatable bonds is 9. The Hall–Kier alpha value is -0.680. The molecule has 4 nitrogen and oxygen atoms in total. The molecular weight excluding hydrogens is 246 g/mol. The first-order valence-electron chi connectivity index (χ1n) is 6.78. The average Bonchev–Trinajstić information content (AvgIpc) is 2.33. The molecule has 106 valence electrons. The van der Waals surface area contributed by atoms with Gasteiger partial charge in [0.25, 0.3) is 0 Å². The predicted molar refractivity (Wildman–Crippen MR) is 80.6 cm³/mol. The van der Waals surface area contributed by atoms with Crippen LogP contribution in [0.2, 0.25) is 0 Å². The van der Waals surface area contributed by atoms with E-state index in [0.29, 0.717) is 11.5 Å². The largest absolute Gasteiger partial charge is 0.392 e. The summed E-state index contributed by atoms with van der Waals surface area (Å²) in [5.74, 6) is 0.0633. The fraction of sp³-hybridized carbons (Fsp3) is 0.846. The summed E-state index contributed by atoms with van der Waals surface area (Å²) in [4.78, 5) is 14.6. The predicted octanol–water partition coefficient (Wildman–Crippen LogP) is 1.68. The number of hydrogen-bond donors (Lipinski definition) is 2. The minimum atomic E-state index is -0.188. The summed E-state index contributed by atoms with van der Waals surface area (Å²) in [6.07, 6.45) is 2.89. The zero-order valence-corrected chi connectivity index (χ0v) is 12.8. The zero-order chi connectivity index (χ0) is 14.1. The first kappa shape index (κ1) is 17.3. The van der Waals surface area contributed by atoms with Gasteiger partial charge in [0.15, 0.2) is 0 Å². The SMILES string of the molecule is CCCN(CC(N)=S)C(C)C(=O)NC(CC)CC. The lowest BCUT2D eigenvalue weighted by molar-refractivity contribution is -0.126. The minimum Gasteiger partial charge on any atom is -0.392 e. The number of nitrogens with zero attached hydrogens (tertiary/aromatic N) is 1. The van der Waals surface area contributed by atoms with Gasteiger partial charge in [-0.3, -0.25) is 9.69 Å². The number of hydrogen-bond acceptors (Lipinski definition) is 3. The molecule has 0 saturated carbocycles. The third-order valence-corrected chi connectivity index (χ3v) is 3.26. The van der Waals surface area contributed by atoms with Gasteiger partial charge in [-0.1, -0.05) is 33.0 Å². The van der Waals surface area contributed by atoms with Gasteiger partial charge in [-0.15, -0.1) is 0 Å². The number of carbonyl (C=O) groups is 1. The van der Waals surface area contributed by atoms with Crippen molar-refractivity contribution in [3.8, 4) is 0 Å². The fourth-order valence-corrected chi connectivity index (χ4v) is 2.04. The zero-order valence-electron chi connectivity index (χ0n) is 12.0. The van der Waals surface area contributed by atoms with Crippen LogP contribution >= 0.6 is 12.2 Å². The van der Waals surface area contributed by atoms with Crippen LogP contribution in [0.5, 0.6) is 0 Å². The van der Waals surface area contributed by atoms with E-state index in [0.717, 1.165) is 25.8 Å². The van der Waals surface area contributed by atoms with E-state index in [1.807, 2.05) is 11.8 Å². The Labute approximate surface area is 116 Å². The van der Waals surface area contributed by atoms with Crippen molar-refractivity contribution >= 4 is 23.1 Å². The van der Waals surface area contributed by atoms with Crippen LogP contribution in [-0.4, -0.2) is 41.0 Å². The van der Waals surface area contributed by atoms with Crippen molar-refractivity contribution in [2.75, 3.05) is 13.1 Å². The maximum atomic E-state index is 12.1. The van der Waals surface area contributed by atoms with E-state index in [1.165, 1.54) is 0 Å². The standard InChI is InChI=1S/C13H27N3OS/c1-5-8-16(9-12(14)18)10(4)13(17)15-11(6-2)7-3/h10-11H,5-9H2,1-4H3,(H2,14,18)(H,15,17). The lowest BCUT2D eigenvalue weighted by Crippen LogP contribution is -2.50. The number of thiocarbonyl (C=S) groups is 1. The lowest BCUT2D eigenvalue weighted by atomic mass is 10.1. The summed E-state index contributed by atoms with van der Waals surface area (Å²) in [5.41, 5.74) is 5.57. The molecule has 0 bridgehead atoms. The molecule has 0 aliphatic rings. The van der Waals surface area contributed by atoms with Crippen LogP contribution in [0, 0.1) is 0 Å². The highest BCUT2D eigenvalue weighted by atomic mass is 32.1. The van der Waals surface area contributed by atoms with Gasteiger partial charge in [0, 0.05) is 12.6 Å². The molecular formula is C13H27N3OS. The van der Waals surface area contributed by atoms with Crippen molar-refractivity contribution in [2.45, 2.75) is 59.0 Å². The Morgan fingerprint density at radius 2 is 1.89 bits per heavy atom. The molecule has 0 heterocycles. The third-order valence-electron chi connectivity index (χ3n) is 3.13. The van der Waals surface area contributed by atoms with Crippen molar-refractivity contribution < 1.29 is 4.79 Å². The molecule has 0 spiro atoms. The molecule has 0 aromatic carbocycles. The van der Waals surface area contributed by atoms with Gasteiger partial charge in [0.05, 0.1) is 11.0 Å². The van der Waals surface area contributed by atoms with Crippen LogP contribution in [0.4, 0.5) is 0 Å². The smallest absolute Gasteiger partial charge is 0.237 e. The molecule has 0 fully saturated rings. The van der Waals surface area contributed by atoms with Gasteiger partial charge in [-0.25, -0.2) is 0 Å². The van der Waals surface area contributed by atoms with E-state index in [1.54, 1.807) is 0 Å². The molecule has 3 N–H and O–H groups in total. The number of nitrogens with one attached hydrogen (secondary N) is 1. The number of nitrogens with two attached hydrogens (primary N) is 1. The topological polar surface area (TPSA) is 58.4 Å². The second kappa shape index (κ2) is 9.28. The van der Waals surface area contributed by atoms with Crippen molar-refractivity contribution in [1.82, 2.24) is 10.2 Å². The molecule has 1 unspecified atom stereocenters. The van der Waals surface area contributed by atoms with Gasteiger partial charge in [-0.2, -0.15) is 0 Å². The fourth-order valence-electron chi connectivity index (χ4n) is 1.88. The highest BCUT2D eigenvalue weighted by Gasteiger charge is 2.22. The number of carbonyl (C=O) groups excluding carboxylic acids is 1. The van der Waals surface area contributed by atoms with Gasteiger partial charge in [-0.05, 0) is 32.7 Å². The van der Waals surface area contributed by atoms with E-state index in [-0.39, 0.29) is 18.0 Å². The van der Waals surface area contributed by atoms with Crippen LogP contribution in [0.25, 0.3) is 0 Å². The van der Waals surface area contributed by atoms with Crippen LogP contribution < -0.4 is 11.1 Å². The molecule has 0 aromatic rings. The Morgan fingerprint density at radius 3 is 2.28 bits per heavy atom. The first-order chi connectivity index (χ1) is 8.46. The second-order valence-corrected chi connectivity index (χ2v) is 5.16. The summed E-state index contributed by atoms with van der Waals surface area (Å²) in [6.45, 7) is 9.48. The molecule has 0 aliphatic carbocycles. The molecule has 0 aromatic heterocycles. The quantitative estimate of drug-likeness (QED) is 0.628. The van der Waals surface area contributed by atoms with E-state index < -0.39 is 0 Å². The van der Waals surface area contributed by atoms with Crippen LogP contribution in [-0.2, 0) is 4.79 Å². The number of amides is 1. The Balaban J connectivity index is 4.49. The molecule has 18 heavy (non-hydrogen) atoms. The Kier molecular flexibility index (Phi) is 8.93. The van der Waals surface area contributed by atoms with Crippen molar-refractivity contribution in [2.24, 2.45) is 5.73 Å². The lowest BCUT2D eigenvalue weighted by Gasteiger charge is -2.28. The second-order valence-electron chi connectivity index (χ2n) is 4.63. The maximum absolute atomic E-state index is 12.1. The maximum Gasteiger partial charge on any atom is 0.237 e. The highest BCUT2D eigenvalue weighted by molar-refractivity contribution is 7.80. The van der Waals surface area contributed by atoms with E-state index in [2.05, 4.69) is 26.1 Å². The van der Waals surface area contributed by atoms with Crippen molar-refractivity contribution in [3.05, 3.63) is 0 Å². The van der Waals surface area contributed by atoms with Gasteiger partial charge >= 0.3 is 0 Å². The monoisotopic (exact) mass is 273 g/mol. The molecule has 5 heteroatoms. The first-order valence-corrected chi connectivity index (χ1v) is 7.19. The molecule has 0 aliphatic heterocycles. The van der Waals surface area contributed by atoms with Gasteiger partial charge < -0.3 is 11.1 Å². The third kappa shape index (κ3) is 6.31. The van der Waals surface area contributed by atoms with Crippen LogP contribution in [0.15, 0.2) is 0 Å². The normalized spacial score (nSPS) is 12.8. The minimum absolute atomic E-state index is 0.0633. The summed E-state index contributed by atoms with van der Waals surface area (Å²) < 4.78 is 0. The highest BCUT2D eigenvalue weighted by Crippen LogP contribution is 2.03. The molecule has 1 atom stereocenters. The van der Waals surface area contributed by atoms with E-state index in [9.17, 15) is 4.79 Å². The summed E-state index contributed by atoms with van der Waals surface area (Å²) in [6, 6.07) is 0.0697. The summed E-state index contributed by atoms with van der Waals surface area (Å²) in [7, 11) is 0. The van der Waals surface area contributed by atoms with Gasteiger partial charge in [0.1, 0.15) is 0 Å². The molecule has 0 rings (SSSR count). The van der Waals surface area contributed by atoms with Crippen LogP contribution in [0.1, 0.15) is 47.0 Å². The average molecular weight is 273 g/mol. The van der Waals surface area contributed by atoms with Crippen molar-refractivity contribution in [1.29, 1.82) is 0 Å². The van der Waals surface area contributed by atoms with Crippen LogP contribution in [0.3, 0.4) is 0 Å². The molecule has 0 radical (unpaired) electrons. The molecule has 1 amide bonds. The van der Waals surface area contributed by atoms with Gasteiger partial charge in [0.2, 0.25) is 5.91 Å². The Bertz CT molecular complexity index is 267. The van der Waals surface area contributed by atoms with E-state index in [4.69, 9.17) is 18.0 Å². The van der Waals surface area contributed by atoms with Crippen molar-refractivity contribution in [3.63, 3.8) is 0 Å². The summed E-state index contributed by atoms with van der Waals surface area (Å²) in [5, 5.41) is 3.06. The molecule has 0 saturated heterocycles.